The molecule has 0 aliphatic heterocycles. The average molecular weight is 577 g/mol. The Balaban J connectivity index is 0.000000551. The highest BCUT2D eigenvalue weighted by atomic mass is 32.3. The normalized spacial score (nSPS) is 12.1. The zero-order valence-electron chi connectivity index (χ0n) is 23.4. The molecule has 10 nitrogen and oxygen atoms in total. The second kappa shape index (κ2) is 17.6. The van der Waals surface area contributed by atoms with Gasteiger partial charge >= 0.3 is 10.4 Å². The summed E-state index contributed by atoms with van der Waals surface area (Å²) in [7, 11) is -10.7. The third-order valence-electron chi connectivity index (χ3n) is 7.00. The van der Waals surface area contributed by atoms with Gasteiger partial charge in [-0.15, -0.1) is 3.63 Å². The summed E-state index contributed by atoms with van der Waals surface area (Å²) in [5, 5.41) is 9.01. The largest absolute Gasteiger partial charge is 0.725 e. The zero-order valence-corrected chi connectivity index (χ0v) is 25.0. The zero-order chi connectivity index (χ0) is 29.3. The van der Waals surface area contributed by atoms with Crippen LogP contribution in [0, 0.1) is 0 Å². The van der Waals surface area contributed by atoms with Crippen molar-refractivity contribution in [2.45, 2.75) is 54.6 Å². The Bertz CT molecular complexity index is 1010. The maximum Gasteiger partial charge on any atom is 0.405 e. The molecule has 0 fully saturated rings. The Morgan fingerprint density at radius 1 is 0.605 bits per heavy atom. The van der Waals surface area contributed by atoms with Crippen LogP contribution in [0.25, 0.3) is 0 Å². The van der Waals surface area contributed by atoms with Gasteiger partial charge in [0.05, 0.1) is 39.3 Å². The summed E-state index contributed by atoms with van der Waals surface area (Å²) in [6.07, 6.45) is 0. The van der Waals surface area contributed by atoms with Crippen molar-refractivity contribution in [2.75, 3.05) is 39.3 Å². The van der Waals surface area contributed by atoms with Crippen molar-refractivity contribution in [2.24, 2.45) is 0 Å². The fourth-order valence-corrected chi connectivity index (χ4v) is 4.97. The number of rotatable bonds is 13. The van der Waals surface area contributed by atoms with E-state index in [4.69, 9.17) is 5.26 Å². The van der Waals surface area contributed by atoms with Gasteiger partial charge in [-0.05, 0) is 41.5 Å². The Kier molecular flexibility index (Phi) is 16.8. The van der Waals surface area contributed by atoms with Crippen molar-refractivity contribution in [3.63, 3.8) is 0 Å². The number of hydrogen-bond donors (Lipinski definition) is 0. The molecule has 2 aromatic carbocycles. The van der Waals surface area contributed by atoms with Gasteiger partial charge in [0.25, 0.3) is 0 Å². The minimum absolute atomic E-state index is 1.17. The summed E-state index contributed by atoms with van der Waals surface area (Å²) in [5.74, 6) is 0. The van der Waals surface area contributed by atoms with Crippen molar-refractivity contribution in [3.05, 3.63) is 71.8 Å². The van der Waals surface area contributed by atoms with E-state index >= 15 is 0 Å². The summed E-state index contributed by atoms with van der Waals surface area (Å²) in [6.45, 7) is 23.4. The molecule has 0 aliphatic rings. The van der Waals surface area contributed by atoms with E-state index in [0.29, 0.717) is 0 Å². The maximum atomic E-state index is 9.68. The summed E-state index contributed by atoms with van der Waals surface area (Å²) < 4.78 is 54.9. The van der Waals surface area contributed by atoms with Crippen LogP contribution >= 0.6 is 0 Å². The molecule has 0 N–H and O–H groups in total. The van der Waals surface area contributed by atoms with Crippen LogP contribution in [-0.4, -0.2) is 69.6 Å². The molecule has 38 heavy (non-hydrogen) atoms. The van der Waals surface area contributed by atoms with E-state index in [0.717, 1.165) is 0 Å². The lowest BCUT2D eigenvalue weighted by molar-refractivity contribution is -0.936. The van der Waals surface area contributed by atoms with Crippen molar-refractivity contribution < 1.29 is 43.6 Å². The van der Waals surface area contributed by atoms with Crippen molar-refractivity contribution in [1.82, 2.24) is 0 Å². The molecule has 0 spiro atoms. The minimum atomic E-state index is -5.46. The van der Waals surface area contributed by atoms with Crippen molar-refractivity contribution in [1.29, 1.82) is 0 Å². The van der Waals surface area contributed by atoms with Crippen LogP contribution in [0.3, 0.4) is 0 Å². The number of nitrogens with zero attached hydrogens (tertiary/aromatic N) is 2. The van der Waals surface area contributed by atoms with Crippen LogP contribution in [0.2, 0.25) is 0 Å². The lowest BCUT2D eigenvalue weighted by Gasteiger charge is -2.35. The molecule has 0 atom stereocenters. The number of benzene rings is 2. The van der Waals surface area contributed by atoms with Gasteiger partial charge in [0, 0.05) is 11.1 Å². The van der Waals surface area contributed by atoms with Gasteiger partial charge in [-0.2, -0.15) is 8.42 Å². The summed E-state index contributed by atoms with van der Waals surface area (Å²) in [5.41, 5.74) is 2.91. The molecule has 12 heteroatoms. The Labute approximate surface area is 229 Å². The monoisotopic (exact) mass is 576 g/mol. The van der Waals surface area contributed by atoms with E-state index in [1.165, 1.54) is 72.5 Å². The molecule has 0 saturated heterocycles. The minimum Gasteiger partial charge on any atom is -0.725 e. The standard InChI is InChI=1S/2C13H22N.H2O8S2/c2*1-4-14(5-2,6-3)12-13-10-8-7-9-11-13;1-7-10(5,6)8-9(2,3)4/h2*7-11H,4-6,12H2,1-3H3;1H,(H,2,3,4)/q2*+1;/p-2. The van der Waals surface area contributed by atoms with Crippen LogP contribution in [0.15, 0.2) is 60.7 Å². The van der Waals surface area contributed by atoms with Crippen molar-refractivity contribution >= 4 is 20.8 Å². The highest BCUT2D eigenvalue weighted by Crippen LogP contribution is 2.14. The smallest absolute Gasteiger partial charge is 0.405 e. The first-order valence-corrected chi connectivity index (χ1v) is 15.5. The molecular formula is C26H44N2O8S2. The van der Waals surface area contributed by atoms with E-state index in [1.54, 1.807) is 0 Å². The summed E-state index contributed by atoms with van der Waals surface area (Å²) >= 11 is 0. The lowest BCUT2D eigenvalue weighted by atomic mass is 10.2. The van der Waals surface area contributed by atoms with Crippen LogP contribution < -0.4 is 5.26 Å². The molecule has 0 amide bonds. The fourth-order valence-electron chi connectivity index (χ4n) is 4.07. The van der Waals surface area contributed by atoms with Gasteiger partial charge in [0.2, 0.25) is 10.4 Å². The van der Waals surface area contributed by atoms with E-state index < -0.39 is 20.8 Å². The maximum absolute atomic E-state index is 9.68. The molecule has 0 saturated carbocycles. The van der Waals surface area contributed by atoms with E-state index in [9.17, 15) is 21.4 Å². The second-order valence-corrected chi connectivity index (χ2v) is 11.1. The molecule has 0 heterocycles. The first kappa shape index (κ1) is 36.1. The summed E-state index contributed by atoms with van der Waals surface area (Å²) in [4.78, 5) is 0. The SMILES string of the molecule is CC[N+](CC)(CC)Cc1ccccc1.CC[N+](CC)(CC)Cc1ccccc1.O=S(=O)([O-])OS(=O)(=O)O[O-]. The van der Waals surface area contributed by atoms with Crippen LogP contribution in [-0.2, 0) is 41.9 Å². The topological polar surface area (TPSA) is 133 Å². The van der Waals surface area contributed by atoms with Gasteiger partial charge < -0.3 is 23.1 Å². The third-order valence-corrected chi connectivity index (χ3v) is 8.50. The molecule has 0 unspecified atom stereocenters. The Morgan fingerprint density at radius 3 is 1.08 bits per heavy atom. The summed E-state index contributed by atoms with van der Waals surface area (Å²) in [6, 6.07) is 21.6. The predicted octanol–water partition coefficient (Wildman–Crippen LogP) is 3.13. The van der Waals surface area contributed by atoms with E-state index in [-0.39, 0.29) is 0 Å². The number of quaternary nitrogens is 2. The molecule has 0 aliphatic carbocycles. The molecule has 2 aromatic rings. The molecular weight excluding hydrogens is 532 g/mol. The molecule has 0 bridgehead atoms. The quantitative estimate of drug-likeness (QED) is 0.117. The first-order chi connectivity index (χ1) is 17.8. The second-order valence-electron chi connectivity index (χ2n) is 8.82. The molecule has 2 rings (SSSR count). The first-order valence-electron chi connectivity index (χ1n) is 12.8. The Hall–Kier alpha value is -1.90. The highest BCUT2D eigenvalue weighted by molar-refractivity contribution is 7.94. The Morgan fingerprint density at radius 2 is 0.895 bits per heavy atom. The number of hydrogen-bond acceptors (Lipinski definition) is 8. The van der Waals surface area contributed by atoms with Crippen LogP contribution in [0.4, 0.5) is 0 Å². The van der Waals surface area contributed by atoms with E-state index in [1.807, 2.05) is 0 Å². The van der Waals surface area contributed by atoms with Gasteiger partial charge in [-0.25, -0.2) is 8.42 Å². The van der Waals surface area contributed by atoms with Gasteiger partial charge in [0.1, 0.15) is 13.1 Å². The molecule has 0 radical (unpaired) electrons. The predicted molar refractivity (Wildman–Crippen MR) is 145 cm³/mol. The van der Waals surface area contributed by atoms with Gasteiger partial charge in [0.15, 0.2) is 0 Å². The van der Waals surface area contributed by atoms with Crippen molar-refractivity contribution in [3.8, 4) is 0 Å². The van der Waals surface area contributed by atoms with Crippen LogP contribution in [0.5, 0.6) is 0 Å². The highest BCUT2D eigenvalue weighted by Gasteiger charge is 2.21. The molecule has 0 aromatic heterocycles. The lowest BCUT2D eigenvalue weighted by Crippen LogP contribution is -2.46. The van der Waals surface area contributed by atoms with E-state index in [2.05, 4.69) is 110 Å². The molecule has 218 valence electrons. The fraction of sp³-hybridized carbons (Fsp3) is 0.538. The van der Waals surface area contributed by atoms with Gasteiger partial charge in [-0.3, -0.25) is 0 Å². The van der Waals surface area contributed by atoms with Gasteiger partial charge in [-0.1, -0.05) is 60.7 Å². The third kappa shape index (κ3) is 14.3. The van der Waals surface area contributed by atoms with Crippen LogP contribution in [0.1, 0.15) is 52.7 Å². The average Bonchev–Trinajstić information content (AvgIpc) is 2.91.